The Hall–Kier alpha value is -0.910. The van der Waals surface area contributed by atoms with Gasteiger partial charge in [-0.05, 0) is 18.8 Å². The molecule has 5 heteroatoms. The highest BCUT2D eigenvalue weighted by molar-refractivity contribution is 4.96. The van der Waals surface area contributed by atoms with E-state index in [2.05, 4.69) is 20.6 Å². The number of fused-ring (bicyclic) bond motifs is 1. The fraction of sp³-hybridized carbons (Fsp3) is 0.800. The van der Waals surface area contributed by atoms with E-state index < -0.39 is 0 Å². The molecular weight excluding hydrogens is 254 g/mol. The van der Waals surface area contributed by atoms with Crippen LogP contribution in [0.4, 0.5) is 0 Å². The summed E-state index contributed by atoms with van der Waals surface area (Å²) in [6, 6.07) is 0. The zero-order valence-corrected chi connectivity index (χ0v) is 12.3. The maximum atomic E-state index is 5.46. The van der Waals surface area contributed by atoms with Gasteiger partial charge in [0.25, 0.3) is 0 Å². The molecule has 0 radical (unpaired) electrons. The summed E-state index contributed by atoms with van der Waals surface area (Å²) in [7, 11) is 1.79. The lowest BCUT2D eigenvalue weighted by Crippen LogP contribution is -2.35. The molecule has 0 aromatic carbocycles. The molecule has 5 nitrogen and oxygen atoms in total. The lowest BCUT2D eigenvalue weighted by Gasteiger charge is -2.30. The van der Waals surface area contributed by atoms with Crippen LogP contribution in [-0.4, -0.2) is 54.5 Å². The zero-order chi connectivity index (χ0) is 13.8. The molecule has 112 valence electrons. The average Bonchev–Trinajstić information content (AvgIpc) is 2.81. The molecule has 20 heavy (non-hydrogen) atoms. The lowest BCUT2D eigenvalue weighted by molar-refractivity contribution is 0.0455. The molecule has 0 N–H and O–H groups in total. The number of hydrogen-bond acceptors (Lipinski definition) is 4. The predicted molar refractivity (Wildman–Crippen MR) is 76.4 cm³/mol. The number of ether oxygens (including phenoxy) is 2. The number of methoxy groups -OCH3 is 1. The standard InChI is InChI=1S/C15H25N3O2/c1-19-12-14-9-17(8-13-2-6-20-7-3-13)11-15-16-4-5-18(15)10-14/h4-5,13-14H,2-3,6-12H2,1H3/t14-/m0/s1. The number of rotatable bonds is 4. The molecule has 0 bridgehead atoms. The van der Waals surface area contributed by atoms with Crippen molar-refractivity contribution in [2.75, 3.05) is 40.0 Å². The van der Waals surface area contributed by atoms with Gasteiger partial charge >= 0.3 is 0 Å². The number of imidazole rings is 1. The van der Waals surface area contributed by atoms with Gasteiger partial charge in [0.05, 0.1) is 13.2 Å². The van der Waals surface area contributed by atoms with E-state index in [9.17, 15) is 0 Å². The van der Waals surface area contributed by atoms with Gasteiger partial charge in [-0.25, -0.2) is 4.98 Å². The van der Waals surface area contributed by atoms with E-state index in [-0.39, 0.29) is 0 Å². The Balaban J connectivity index is 1.66. The third-order valence-corrected chi connectivity index (χ3v) is 4.40. The first-order valence-electron chi connectivity index (χ1n) is 7.64. The van der Waals surface area contributed by atoms with Gasteiger partial charge in [-0.2, -0.15) is 0 Å². The molecule has 1 atom stereocenters. The summed E-state index contributed by atoms with van der Waals surface area (Å²) < 4.78 is 13.1. The second-order valence-corrected chi connectivity index (χ2v) is 6.07. The highest BCUT2D eigenvalue weighted by Gasteiger charge is 2.25. The van der Waals surface area contributed by atoms with Gasteiger partial charge in [-0.15, -0.1) is 0 Å². The van der Waals surface area contributed by atoms with Crippen LogP contribution in [0.15, 0.2) is 12.4 Å². The van der Waals surface area contributed by atoms with Crippen LogP contribution in [0, 0.1) is 11.8 Å². The Bertz CT molecular complexity index is 415. The molecule has 0 amide bonds. The van der Waals surface area contributed by atoms with Gasteiger partial charge in [-0.1, -0.05) is 0 Å². The summed E-state index contributed by atoms with van der Waals surface area (Å²) in [6.45, 7) is 6.92. The van der Waals surface area contributed by atoms with Gasteiger partial charge in [0.15, 0.2) is 0 Å². The van der Waals surface area contributed by atoms with E-state index in [1.165, 1.54) is 18.7 Å². The first-order valence-corrected chi connectivity index (χ1v) is 7.64. The molecule has 1 saturated heterocycles. The second kappa shape index (κ2) is 6.70. The molecule has 2 aliphatic heterocycles. The van der Waals surface area contributed by atoms with Crippen LogP contribution in [0.5, 0.6) is 0 Å². The molecule has 3 rings (SSSR count). The maximum Gasteiger partial charge on any atom is 0.122 e. The predicted octanol–water partition coefficient (Wildman–Crippen LogP) is 1.39. The van der Waals surface area contributed by atoms with E-state index in [1.807, 2.05) is 6.20 Å². The van der Waals surface area contributed by atoms with Crippen molar-refractivity contribution in [3.05, 3.63) is 18.2 Å². The van der Waals surface area contributed by atoms with E-state index in [4.69, 9.17) is 9.47 Å². The molecule has 1 fully saturated rings. The quantitative estimate of drug-likeness (QED) is 0.835. The van der Waals surface area contributed by atoms with Crippen molar-refractivity contribution in [3.63, 3.8) is 0 Å². The van der Waals surface area contributed by atoms with Crippen molar-refractivity contribution in [1.29, 1.82) is 0 Å². The van der Waals surface area contributed by atoms with Crippen molar-refractivity contribution in [2.24, 2.45) is 11.8 Å². The fourth-order valence-corrected chi connectivity index (χ4v) is 3.40. The first kappa shape index (κ1) is 14.0. The zero-order valence-electron chi connectivity index (χ0n) is 12.3. The largest absolute Gasteiger partial charge is 0.384 e. The molecule has 0 unspecified atom stereocenters. The molecule has 3 heterocycles. The molecular formula is C15H25N3O2. The summed E-state index contributed by atoms with van der Waals surface area (Å²) in [5, 5.41) is 0. The summed E-state index contributed by atoms with van der Waals surface area (Å²) in [4.78, 5) is 7.07. The van der Waals surface area contributed by atoms with Gasteiger partial charge < -0.3 is 14.0 Å². The topological polar surface area (TPSA) is 39.5 Å². The van der Waals surface area contributed by atoms with Crippen LogP contribution in [0.3, 0.4) is 0 Å². The minimum atomic E-state index is 0.551. The van der Waals surface area contributed by atoms with Crippen LogP contribution in [-0.2, 0) is 22.6 Å². The van der Waals surface area contributed by atoms with E-state index in [0.29, 0.717) is 5.92 Å². The highest BCUT2D eigenvalue weighted by atomic mass is 16.5. The number of aromatic nitrogens is 2. The van der Waals surface area contributed by atoms with Crippen LogP contribution in [0.25, 0.3) is 0 Å². The van der Waals surface area contributed by atoms with Gasteiger partial charge in [0, 0.05) is 58.3 Å². The second-order valence-electron chi connectivity index (χ2n) is 6.07. The third kappa shape index (κ3) is 3.40. The SMILES string of the molecule is COC[C@H]1CN(CC2CCOCC2)Cc2nccn2C1. The van der Waals surface area contributed by atoms with Crippen molar-refractivity contribution in [2.45, 2.75) is 25.9 Å². The van der Waals surface area contributed by atoms with Crippen molar-refractivity contribution >= 4 is 0 Å². The monoisotopic (exact) mass is 279 g/mol. The lowest BCUT2D eigenvalue weighted by atomic mass is 9.99. The maximum absolute atomic E-state index is 5.46. The van der Waals surface area contributed by atoms with Gasteiger partial charge in [-0.3, -0.25) is 4.90 Å². The van der Waals surface area contributed by atoms with Crippen molar-refractivity contribution in [3.8, 4) is 0 Å². The Morgan fingerprint density at radius 1 is 1.30 bits per heavy atom. The molecule has 0 aliphatic carbocycles. The molecule has 1 aromatic rings. The third-order valence-electron chi connectivity index (χ3n) is 4.40. The molecule has 2 aliphatic rings. The van der Waals surface area contributed by atoms with Crippen molar-refractivity contribution < 1.29 is 9.47 Å². The first-order chi connectivity index (χ1) is 9.85. The number of nitrogens with zero attached hydrogens (tertiary/aromatic N) is 3. The summed E-state index contributed by atoms with van der Waals surface area (Å²) in [5.41, 5.74) is 0. The van der Waals surface area contributed by atoms with E-state index in [0.717, 1.165) is 51.9 Å². The normalized spacial score (nSPS) is 25.4. The average molecular weight is 279 g/mol. The fourth-order valence-electron chi connectivity index (χ4n) is 3.40. The van der Waals surface area contributed by atoms with Gasteiger partial charge in [0.2, 0.25) is 0 Å². The number of hydrogen-bond donors (Lipinski definition) is 0. The van der Waals surface area contributed by atoms with Crippen LogP contribution < -0.4 is 0 Å². The van der Waals surface area contributed by atoms with Crippen LogP contribution >= 0.6 is 0 Å². The Kier molecular flexibility index (Phi) is 4.70. The van der Waals surface area contributed by atoms with E-state index >= 15 is 0 Å². The van der Waals surface area contributed by atoms with Gasteiger partial charge in [0.1, 0.15) is 5.82 Å². The van der Waals surface area contributed by atoms with Crippen LogP contribution in [0.2, 0.25) is 0 Å². The summed E-state index contributed by atoms with van der Waals surface area (Å²) in [5.74, 6) is 2.51. The molecule has 0 saturated carbocycles. The Morgan fingerprint density at radius 2 is 2.15 bits per heavy atom. The van der Waals surface area contributed by atoms with E-state index in [1.54, 1.807) is 7.11 Å². The highest BCUT2D eigenvalue weighted by Crippen LogP contribution is 2.21. The summed E-state index contributed by atoms with van der Waals surface area (Å²) in [6.07, 6.45) is 6.40. The van der Waals surface area contributed by atoms with Crippen LogP contribution in [0.1, 0.15) is 18.7 Å². The minimum absolute atomic E-state index is 0.551. The minimum Gasteiger partial charge on any atom is -0.384 e. The Morgan fingerprint density at radius 3 is 2.95 bits per heavy atom. The summed E-state index contributed by atoms with van der Waals surface area (Å²) >= 11 is 0. The molecule has 1 aromatic heterocycles. The van der Waals surface area contributed by atoms with Crippen molar-refractivity contribution in [1.82, 2.24) is 14.5 Å². The smallest absolute Gasteiger partial charge is 0.122 e. The Labute approximate surface area is 120 Å². The molecule has 0 spiro atoms.